The maximum atomic E-state index is 10.9. The molecule has 0 bridgehead atoms. The number of benzene rings is 4. The van der Waals surface area contributed by atoms with Crippen LogP contribution >= 0.6 is 0 Å². The van der Waals surface area contributed by atoms with E-state index in [1.807, 2.05) is 108 Å². The van der Waals surface area contributed by atoms with E-state index in [9.17, 15) is 14.4 Å². The summed E-state index contributed by atoms with van der Waals surface area (Å²) in [5.41, 5.74) is 4.27. The first-order valence-electron chi connectivity index (χ1n) is 17.2. The second-order valence-electron chi connectivity index (χ2n) is 11.4. The van der Waals surface area contributed by atoms with Gasteiger partial charge in [0.2, 0.25) is 0 Å². The quantitative estimate of drug-likeness (QED) is 0.0956. The van der Waals surface area contributed by atoms with Gasteiger partial charge in [-0.15, -0.1) is 0 Å². The molecule has 11 nitrogen and oxygen atoms in total. The van der Waals surface area contributed by atoms with Crippen molar-refractivity contribution in [3.63, 3.8) is 0 Å². The molecule has 2 N–H and O–H groups in total. The van der Waals surface area contributed by atoms with Crippen LogP contribution in [0.1, 0.15) is 45.2 Å². The zero-order chi connectivity index (χ0) is 38.0. The molecule has 52 heavy (non-hydrogen) atoms. The summed E-state index contributed by atoms with van der Waals surface area (Å²) in [7, 11) is 0. The van der Waals surface area contributed by atoms with Crippen LogP contribution in [0.3, 0.4) is 0 Å². The number of aliphatic hydroxyl groups excluding tert-OH is 2. The number of nitrogens with zero attached hydrogens (tertiary/aromatic N) is 2. The van der Waals surface area contributed by atoms with Gasteiger partial charge in [-0.25, -0.2) is 0 Å². The van der Waals surface area contributed by atoms with Gasteiger partial charge in [0, 0.05) is 63.9 Å². The van der Waals surface area contributed by atoms with E-state index in [0.29, 0.717) is 39.5 Å². The first-order valence-corrected chi connectivity index (χ1v) is 17.2. The maximum absolute atomic E-state index is 10.9. The lowest BCUT2D eigenvalue weighted by molar-refractivity contribution is -0.156. The highest BCUT2D eigenvalue weighted by Gasteiger charge is 2.09. The maximum Gasteiger partial charge on any atom is 0.310 e. The monoisotopic (exact) mass is 716 g/mol. The van der Waals surface area contributed by atoms with Gasteiger partial charge in [0.1, 0.15) is 31.3 Å². The topological polar surface area (TPSA) is 135 Å². The van der Waals surface area contributed by atoms with Gasteiger partial charge in [-0.05, 0) is 41.8 Å². The Balaban J connectivity index is 0.000000307. The van der Waals surface area contributed by atoms with Gasteiger partial charge in [0.15, 0.2) is 0 Å². The van der Waals surface area contributed by atoms with Crippen molar-refractivity contribution in [1.82, 2.24) is 0 Å². The fourth-order valence-electron chi connectivity index (χ4n) is 4.78. The van der Waals surface area contributed by atoms with Crippen LogP contribution in [0.4, 0.5) is 11.4 Å². The molecule has 0 aliphatic carbocycles. The number of hydrogen-bond acceptors (Lipinski definition) is 11. The molecule has 4 aromatic carbocycles. The van der Waals surface area contributed by atoms with Gasteiger partial charge in [0.05, 0.1) is 19.8 Å². The molecule has 4 aromatic rings. The number of anilines is 2. The summed E-state index contributed by atoms with van der Waals surface area (Å²) >= 11 is 0. The molecule has 0 aromatic heterocycles. The largest absolute Gasteiger partial charge is 0.489 e. The molecule has 0 atom stereocenters. The molecular weight excluding hydrogens is 664 g/mol. The van der Waals surface area contributed by atoms with Crippen molar-refractivity contribution in [1.29, 1.82) is 0 Å². The molecule has 0 aliphatic heterocycles. The van der Waals surface area contributed by atoms with Gasteiger partial charge in [0.25, 0.3) is 0 Å². The molecule has 11 heteroatoms. The lowest BCUT2D eigenvalue weighted by atomic mass is 10.2. The standard InChI is InChI=1S/C20H25NO3.C17H21NO3.C4H6O3/c1-3-12-21(13-14-23-17(2)22)19-10-7-11-20(15-19)24-16-18-8-5-4-6-9-18;19-11-9-18(10-12-20)16-7-4-8-17(13-16)21-14-15-5-2-1-3-6-15;1-3(5)7-4(2)6/h4-11,15H,3,12-14,16H2,1-2H3;1-8,13,19-20H,9-12,14H2;1-2H3. The zero-order valence-electron chi connectivity index (χ0n) is 30.6. The van der Waals surface area contributed by atoms with E-state index in [1.54, 1.807) is 0 Å². The Labute approximate surface area is 307 Å². The number of carbonyl (C=O) groups excluding carboxylic acids is 3. The van der Waals surface area contributed by atoms with E-state index in [2.05, 4.69) is 22.6 Å². The normalized spacial score (nSPS) is 9.96. The van der Waals surface area contributed by atoms with Crippen LogP contribution in [0.25, 0.3) is 0 Å². The Morgan fingerprint density at radius 3 is 1.37 bits per heavy atom. The molecule has 0 saturated carbocycles. The lowest BCUT2D eigenvalue weighted by Gasteiger charge is -2.24. The smallest absolute Gasteiger partial charge is 0.310 e. The second kappa shape index (κ2) is 25.5. The Bertz CT molecular complexity index is 1570. The number of hydrogen-bond donors (Lipinski definition) is 2. The molecule has 0 radical (unpaired) electrons. The van der Waals surface area contributed by atoms with Crippen molar-refractivity contribution >= 4 is 29.3 Å². The summed E-state index contributed by atoms with van der Waals surface area (Å²) in [5.74, 6) is 0.244. The fraction of sp³-hybridized carbons (Fsp3) is 0.341. The van der Waals surface area contributed by atoms with Crippen LogP contribution in [0, 0.1) is 0 Å². The molecule has 0 saturated heterocycles. The van der Waals surface area contributed by atoms with Gasteiger partial charge >= 0.3 is 17.9 Å². The summed E-state index contributed by atoms with van der Waals surface area (Å²) < 4.78 is 20.7. The minimum Gasteiger partial charge on any atom is -0.489 e. The Morgan fingerprint density at radius 2 is 1.00 bits per heavy atom. The van der Waals surface area contributed by atoms with Crippen LogP contribution in [-0.2, 0) is 37.1 Å². The minimum atomic E-state index is -0.562. The lowest BCUT2D eigenvalue weighted by Crippen LogP contribution is -2.29. The van der Waals surface area contributed by atoms with Crippen molar-refractivity contribution in [2.45, 2.75) is 47.3 Å². The molecule has 280 valence electrons. The Morgan fingerprint density at radius 1 is 0.558 bits per heavy atom. The van der Waals surface area contributed by atoms with Crippen LogP contribution in [0.5, 0.6) is 11.5 Å². The average Bonchev–Trinajstić information content (AvgIpc) is 3.14. The van der Waals surface area contributed by atoms with Crippen LogP contribution in [-0.4, -0.2) is 74.1 Å². The fourth-order valence-corrected chi connectivity index (χ4v) is 4.78. The average molecular weight is 717 g/mol. The van der Waals surface area contributed by atoms with E-state index in [-0.39, 0.29) is 19.2 Å². The Hall–Kier alpha value is -5.39. The third kappa shape index (κ3) is 18.6. The highest BCUT2D eigenvalue weighted by Crippen LogP contribution is 2.23. The summed E-state index contributed by atoms with van der Waals surface area (Å²) in [5, 5.41) is 18.2. The van der Waals surface area contributed by atoms with E-state index >= 15 is 0 Å². The highest BCUT2D eigenvalue weighted by atomic mass is 16.6. The van der Waals surface area contributed by atoms with Crippen molar-refractivity contribution in [2.75, 3.05) is 55.8 Å². The molecule has 0 heterocycles. The molecule has 0 aliphatic rings. The van der Waals surface area contributed by atoms with Gasteiger partial charge < -0.3 is 39.0 Å². The SMILES string of the molecule is CC(=O)OC(C)=O.CCCN(CCOC(C)=O)c1cccc(OCc2ccccc2)c1.OCCN(CCO)c1cccc(OCc2ccccc2)c1. The molecule has 0 unspecified atom stereocenters. The number of aliphatic hydroxyl groups is 2. The molecule has 4 rings (SSSR count). The molecule has 0 amide bonds. The first-order chi connectivity index (χ1) is 25.1. The number of esters is 3. The van der Waals surface area contributed by atoms with Crippen molar-refractivity contribution in [3.05, 3.63) is 120 Å². The van der Waals surface area contributed by atoms with E-state index in [4.69, 9.17) is 24.4 Å². The van der Waals surface area contributed by atoms with Crippen LogP contribution in [0.15, 0.2) is 109 Å². The van der Waals surface area contributed by atoms with E-state index < -0.39 is 11.9 Å². The third-order valence-corrected chi connectivity index (χ3v) is 7.05. The summed E-state index contributed by atoms with van der Waals surface area (Å²) in [6.07, 6.45) is 1.02. The second-order valence-corrected chi connectivity index (χ2v) is 11.4. The molecule has 0 fully saturated rings. The zero-order valence-corrected chi connectivity index (χ0v) is 30.6. The van der Waals surface area contributed by atoms with Gasteiger partial charge in [-0.1, -0.05) is 79.7 Å². The predicted molar refractivity (Wildman–Crippen MR) is 202 cm³/mol. The number of carbonyl (C=O) groups is 3. The van der Waals surface area contributed by atoms with E-state index in [1.165, 1.54) is 20.8 Å². The van der Waals surface area contributed by atoms with Crippen molar-refractivity contribution < 1.29 is 43.5 Å². The van der Waals surface area contributed by atoms with Crippen molar-refractivity contribution in [3.8, 4) is 11.5 Å². The van der Waals surface area contributed by atoms with Crippen LogP contribution < -0.4 is 19.3 Å². The first kappa shape index (κ1) is 42.8. The van der Waals surface area contributed by atoms with Gasteiger partial charge in [-0.3, -0.25) is 14.4 Å². The molecular formula is C41H52N2O9. The predicted octanol–water partition coefficient (Wildman–Crippen LogP) is 6.20. The van der Waals surface area contributed by atoms with Crippen LogP contribution in [0.2, 0.25) is 0 Å². The molecule has 0 spiro atoms. The summed E-state index contributed by atoms with van der Waals surface area (Å²) in [6.45, 7) is 10.0. The Kier molecular flexibility index (Phi) is 21.0. The number of rotatable bonds is 17. The highest BCUT2D eigenvalue weighted by molar-refractivity contribution is 5.82. The minimum absolute atomic E-state index is 0.0507. The third-order valence-electron chi connectivity index (χ3n) is 7.05. The number of ether oxygens (including phenoxy) is 4. The van der Waals surface area contributed by atoms with Gasteiger partial charge in [-0.2, -0.15) is 0 Å². The van der Waals surface area contributed by atoms with E-state index in [0.717, 1.165) is 47.0 Å². The summed E-state index contributed by atoms with van der Waals surface area (Å²) in [6, 6.07) is 35.8. The van der Waals surface area contributed by atoms with Crippen molar-refractivity contribution in [2.24, 2.45) is 0 Å². The summed E-state index contributed by atoms with van der Waals surface area (Å²) in [4.78, 5) is 34.7.